The highest BCUT2D eigenvalue weighted by Gasteiger charge is 2.26. The van der Waals surface area contributed by atoms with Gasteiger partial charge in [-0.2, -0.15) is 0 Å². The van der Waals surface area contributed by atoms with Gasteiger partial charge in [0.2, 0.25) is 11.8 Å². The third kappa shape index (κ3) is 6.54. The van der Waals surface area contributed by atoms with Crippen LogP contribution in [0.2, 0.25) is 10.0 Å². The number of amides is 2. The molecule has 4 nitrogen and oxygen atoms in total. The number of halogens is 2. The summed E-state index contributed by atoms with van der Waals surface area (Å²) >= 11 is 12.3. The van der Waals surface area contributed by atoms with Crippen molar-refractivity contribution in [3.63, 3.8) is 0 Å². The Labute approximate surface area is 176 Å². The van der Waals surface area contributed by atoms with E-state index in [-0.39, 0.29) is 18.4 Å². The van der Waals surface area contributed by atoms with Gasteiger partial charge in [0.05, 0.1) is 0 Å². The van der Waals surface area contributed by atoms with Crippen LogP contribution in [0, 0.1) is 0 Å². The van der Waals surface area contributed by atoms with E-state index in [2.05, 4.69) is 5.32 Å². The van der Waals surface area contributed by atoms with Crippen molar-refractivity contribution >= 4 is 35.0 Å². The zero-order valence-corrected chi connectivity index (χ0v) is 17.8. The second-order valence-electron chi connectivity index (χ2n) is 6.71. The molecule has 0 aliphatic carbocycles. The lowest BCUT2D eigenvalue weighted by molar-refractivity contribution is -0.140. The molecule has 1 N–H and O–H groups in total. The van der Waals surface area contributed by atoms with Crippen molar-refractivity contribution in [2.45, 2.75) is 45.7 Å². The number of rotatable bonds is 9. The van der Waals surface area contributed by atoms with Gasteiger partial charge in [0.25, 0.3) is 0 Å². The third-order valence-electron chi connectivity index (χ3n) is 4.54. The fourth-order valence-electron chi connectivity index (χ4n) is 2.85. The monoisotopic (exact) mass is 420 g/mol. The molecule has 0 fully saturated rings. The normalized spacial score (nSPS) is 11.7. The van der Waals surface area contributed by atoms with Gasteiger partial charge in [-0.1, -0.05) is 66.5 Å². The molecule has 0 aliphatic rings. The summed E-state index contributed by atoms with van der Waals surface area (Å²) in [5.74, 6) is -0.256. The lowest BCUT2D eigenvalue weighted by atomic mass is 10.1. The van der Waals surface area contributed by atoms with Crippen LogP contribution < -0.4 is 5.32 Å². The van der Waals surface area contributed by atoms with E-state index in [1.54, 1.807) is 30.0 Å². The summed E-state index contributed by atoms with van der Waals surface area (Å²) in [6.45, 7) is 4.57. The first-order valence-electron chi connectivity index (χ1n) is 9.47. The molecule has 0 saturated heterocycles. The summed E-state index contributed by atoms with van der Waals surface area (Å²) in [7, 11) is 0. The van der Waals surface area contributed by atoms with Crippen LogP contribution in [0.15, 0.2) is 48.5 Å². The highest BCUT2D eigenvalue weighted by atomic mass is 35.5. The lowest BCUT2D eigenvalue weighted by Gasteiger charge is -2.29. The van der Waals surface area contributed by atoms with Gasteiger partial charge >= 0.3 is 0 Å². The first-order valence-corrected chi connectivity index (χ1v) is 10.2. The summed E-state index contributed by atoms with van der Waals surface area (Å²) in [5.41, 5.74) is 1.85. The molecule has 28 heavy (non-hydrogen) atoms. The highest BCUT2D eigenvalue weighted by molar-refractivity contribution is 6.35. The molecule has 150 valence electrons. The van der Waals surface area contributed by atoms with Crippen LogP contribution in [0.1, 0.15) is 37.8 Å². The molecule has 0 aliphatic heterocycles. The molecule has 0 heterocycles. The Morgan fingerprint density at radius 1 is 1.11 bits per heavy atom. The van der Waals surface area contributed by atoms with Crippen LogP contribution in [-0.2, 0) is 22.6 Å². The Bertz CT molecular complexity index is 796. The van der Waals surface area contributed by atoms with E-state index in [0.717, 1.165) is 17.5 Å². The van der Waals surface area contributed by atoms with Crippen molar-refractivity contribution < 1.29 is 9.59 Å². The van der Waals surface area contributed by atoms with Crippen molar-refractivity contribution in [2.75, 3.05) is 6.54 Å². The van der Waals surface area contributed by atoms with Crippen molar-refractivity contribution in [1.29, 1.82) is 0 Å². The van der Waals surface area contributed by atoms with Crippen LogP contribution in [0.25, 0.3) is 0 Å². The van der Waals surface area contributed by atoms with Crippen molar-refractivity contribution in [1.82, 2.24) is 10.2 Å². The molecule has 0 saturated carbocycles. The van der Waals surface area contributed by atoms with Crippen molar-refractivity contribution in [3.8, 4) is 0 Å². The molecule has 0 radical (unpaired) electrons. The second-order valence-corrected chi connectivity index (χ2v) is 7.55. The van der Waals surface area contributed by atoms with Gasteiger partial charge in [-0.3, -0.25) is 9.59 Å². The highest BCUT2D eigenvalue weighted by Crippen LogP contribution is 2.23. The van der Waals surface area contributed by atoms with E-state index in [1.165, 1.54) is 0 Å². The molecule has 2 aromatic rings. The van der Waals surface area contributed by atoms with E-state index in [9.17, 15) is 9.59 Å². The Morgan fingerprint density at radius 2 is 1.82 bits per heavy atom. The van der Waals surface area contributed by atoms with E-state index in [0.29, 0.717) is 29.4 Å². The fourth-order valence-corrected chi connectivity index (χ4v) is 3.32. The number of hydrogen-bond donors (Lipinski definition) is 1. The van der Waals surface area contributed by atoms with Crippen LogP contribution in [0.5, 0.6) is 0 Å². The average Bonchev–Trinajstić information content (AvgIpc) is 2.70. The van der Waals surface area contributed by atoms with Gasteiger partial charge in [0.1, 0.15) is 6.04 Å². The largest absolute Gasteiger partial charge is 0.354 e. The summed E-state index contributed by atoms with van der Waals surface area (Å²) in [6, 6.07) is 14.4. The Morgan fingerprint density at radius 3 is 2.46 bits per heavy atom. The molecule has 1 atom stereocenters. The topological polar surface area (TPSA) is 49.4 Å². The molecule has 2 aromatic carbocycles. The quantitative estimate of drug-likeness (QED) is 0.628. The molecule has 0 bridgehead atoms. The minimum Gasteiger partial charge on any atom is -0.354 e. The van der Waals surface area contributed by atoms with Gasteiger partial charge in [-0.15, -0.1) is 0 Å². The van der Waals surface area contributed by atoms with E-state index >= 15 is 0 Å². The molecular weight excluding hydrogens is 395 g/mol. The van der Waals surface area contributed by atoms with E-state index < -0.39 is 6.04 Å². The second kappa shape index (κ2) is 11.1. The van der Waals surface area contributed by atoms with Gasteiger partial charge in [-0.25, -0.2) is 0 Å². The molecule has 2 amide bonds. The third-order valence-corrected chi connectivity index (χ3v) is 5.13. The standard InChI is InChI=1S/C22H26Cl2N2O2/c1-3-13-25-22(28)16(2)26(15-18-10-11-19(23)14-20(18)24)21(27)12-9-17-7-5-4-6-8-17/h4-8,10-11,14,16H,3,9,12-13,15H2,1-2H3,(H,25,28)/t16-/m0/s1. The van der Waals surface area contributed by atoms with E-state index in [4.69, 9.17) is 23.2 Å². The first-order chi connectivity index (χ1) is 13.4. The molecule has 0 spiro atoms. The maximum Gasteiger partial charge on any atom is 0.242 e. The number of nitrogens with zero attached hydrogens (tertiary/aromatic N) is 1. The van der Waals surface area contributed by atoms with Crippen molar-refractivity contribution in [3.05, 3.63) is 69.7 Å². The summed E-state index contributed by atoms with van der Waals surface area (Å²) in [4.78, 5) is 27.1. The average molecular weight is 421 g/mol. The Balaban J connectivity index is 2.16. The molecule has 2 rings (SSSR count). The van der Waals surface area contributed by atoms with Crippen LogP contribution >= 0.6 is 23.2 Å². The van der Waals surface area contributed by atoms with Gasteiger partial charge in [0.15, 0.2) is 0 Å². The first kappa shape index (κ1) is 22.3. The van der Waals surface area contributed by atoms with Gasteiger partial charge < -0.3 is 10.2 Å². The lowest BCUT2D eigenvalue weighted by Crippen LogP contribution is -2.47. The molecule has 6 heteroatoms. The predicted octanol–water partition coefficient (Wildman–Crippen LogP) is 4.87. The van der Waals surface area contributed by atoms with Crippen LogP contribution in [0.4, 0.5) is 0 Å². The fraction of sp³-hybridized carbons (Fsp3) is 0.364. The Kier molecular flexibility index (Phi) is 8.81. The summed E-state index contributed by atoms with van der Waals surface area (Å²) < 4.78 is 0. The predicted molar refractivity (Wildman–Crippen MR) is 115 cm³/mol. The number of nitrogens with one attached hydrogen (secondary N) is 1. The smallest absolute Gasteiger partial charge is 0.242 e. The number of carbonyl (C=O) groups is 2. The minimum absolute atomic E-state index is 0.0889. The summed E-state index contributed by atoms with van der Waals surface area (Å²) in [6.07, 6.45) is 1.78. The number of aryl methyl sites for hydroxylation is 1. The maximum absolute atomic E-state index is 13.0. The molecule has 0 unspecified atom stereocenters. The summed E-state index contributed by atoms with van der Waals surface area (Å²) in [5, 5.41) is 3.88. The maximum atomic E-state index is 13.0. The van der Waals surface area contributed by atoms with E-state index in [1.807, 2.05) is 37.3 Å². The zero-order valence-electron chi connectivity index (χ0n) is 16.3. The van der Waals surface area contributed by atoms with Gasteiger partial charge in [0, 0.05) is 29.6 Å². The Hall–Kier alpha value is -2.04. The number of benzene rings is 2. The zero-order chi connectivity index (χ0) is 20.5. The van der Waals surface area contributed by atoms with Crippen LogP contribution in [-0.4, -0.2) is 29.3 Å². The number of hydrogen-bond acceptors (Lipinski definition) is 2. The van der Waals surface area contributed by atoms with Crippen LogP contribution in [0.3, 0.4) is 0 Å². The number of carbonyl (C=O) groups excluding carboxylic acids is 2. The minimum atomic E-state index is -0.596. The van der Waals surface area contributed by atoms with Gasteiger partial charge in [-0.05, 0) is 43.0 Å². The SMILES string of the molecule is CCCNC(=O)[C@H](C)N(Cc1ccc(Cl)cc1Cl)C(=O)CCc1ccccc1. The molecule has 0 aromatic heterocycles. The van der Waals surface area contributed by atoms with Crippen molar-refractivity contribution in [2.24, 2.45) is 0 Å². The molecular formula is C22H26Cl2N2O2.